The summed E-state index contributed by atoms with van der Waals surface area (Å²) >= 11 is 0. The molecule has 0 fully saturated rings. The van der Waals surface area contributed by atoms with E-state index >= 15 is 0 Å². The lowest BCUT2D eigenvalue weighted by atomic mass is 10.2. The predicted molar refractivity (Wildman–Crippen MR) is 67.9 cm³/mol. The molecule has 0 saturated heterocycles. The molecule has 0 bridgehead atoms. The number of hydrogen-bond donors (Lipinski definition) is 2. The van der Waals surface area contributed by atoms with Gasteiger partial charge in [-0.1, -0.05) is 0 Å². The van der Waals surface area contributed by atoms with Gasteiger partial charge in [0, 0.05) is 7.05 Å². The van der Waals surface area contributed by atoms with Crippen LogP contribution in [0.2, 0.25) is 0 Å². The van der Waals surface area contributed by atoms with Gasteiger partial charge >= 0.3 is 12.1 Å². The summed E-state index contributed by atoms with van der Waals surface area (Å²) in [4.78, 5) is 23.8. The van der Waals surface area contributed by atoms with Crippen LogP contribution in [0.25, 0.3) is 0 Å². The number of rotatable bonds is 6. The van der Waals surface area contributed by atoms with Gasteiger partial charge in [0.1, 0.15) is 5.60 Å². The number of amides is 1. The molecule has 7 heteroatoms. The van der Waals surface area contributed by atoms with E-state index in [-0.39, 0.29) is 13.2 Å². The quantitative estimate of drug-likeness (QED) is 0.742. The highest BCUT2D eigenvalue weighted by Gasteiger charge is 2.30. The smallest absolute Gasteiger partial charge is 0.410 e. The molecular formula is C12H23NO6. The van der Waals surface area contributed by atoms with Gasteiger partial charge in [-0.2, -0.15) is 0 Å². The van der Waals surface area contributed by atoms with Crippen molar-refractivity contribution in [2.75, 3.05) is 20.3 Å². The van der Waals surface area contributed by atoms with E-state index in [1.165, 1.54) is 14.0 Å². The number of likely N-dealkylation sites (N-methyl/N-ethyl adjacent to an activating group) is 1. The van der Waals surface area contributed by atoms with Gasteiger partial charge in [0.2, 0.25) is 0 Å². The second kappa shape index (κ2) is 7.30. The van der Waals surface area contributed by atoms with E-state index in [4.69, 9.17) is 19.7 Å². The Morgan fingerprint density at radius 2 is 1.79 bits per heavy atom. The van der Waals surface area contributed by atoms with Gasteiger partial charge in [0.05, 0.1) is 19.3 Å². The first-order valence-electron chi connectivity index (χ1n) is 5.99. The summed E-state index contributed by atoms with van der Waals surface area (Å²) in [5.74, 6) is -1.20. The number of aliphatic hydroxyl groups excluding tert-OH is 1. The summed E-state index contributed by atoms with van der Waals surface area (Å²) in [6.45, 7) is 6.39. The van der Waals surface area contributed by atoms with Gasteiger partial charge in [-0.15, -0.1) is 0 Å². The van der Waals surface area contributed by atoms with Gasteiger partial charge < -0.3 is 19.7 Å². The lowest BCUT2D eigenvalue weighted by Gasteiger charge is -2.28. The Morgan fingerprint density at radius 3 is 2.16 bits per heavy atom. The molecule has 0 aliphatic rings. The first-order chi connectivity index (χ1) is 8.54. The second-order valence-corrected chi connectivity index (χ2v) is 5.33. The summed E-state index contributed by atoms with van der Waals surface area (Å²) in [5.41, 5.74) is -0.700. The van der Waals surface area contributed by atoms with Gasteiger partial charge in [0.15, 0.2) is 6.04 Å². The van der Waals surface area contributed by atoms with Crippen LogP contribution in [0.15, 0.2) is 0 Å². The van der Waals surface area contributed by atoms with Crippen molar-refractivity contribution in [2.45, 2.75) is 45.4 Å². The third-order valence-electron chi connectivity index (χ3n) is 2.07. The zero-order valence-electron chi connectivity index (χ0n) is 12.0. The summed E-state index contributed by atoms with van der Waals surface area (Å²) in [5, 5.41) is 18.1. The zero-order chi connectivity index (χ0) is 15.2. The highest BCUT2D eigenvalue weighted by Crippen LogP contribution is 2.11. The molecule has 0 aromatic heterocycles. The summed E-state index contributed by atoms with van der Waals surface area (Å²) in [6, 6.07) is -1.16. The molecule has 0 radical (unpaired) electrons. The Labute approximate surface area is 113 Å². The number of ether oxygens (including phenoxy) is 2. The maximum atomic E-state index is 11.7. The maximum absolute atomic E-state index is 11.7. The van der Waals surface area contributed by atoms with Crippen molar-refractivity contribution in [2.24, 2.45) is 0 Å². The van der Waals surface area contributed by atoms with Crippen molar-refractivity contribution in [1.29, 1.82) is 0 Å². The molecule has 2 N–H and O–H groups in total. The Balaban J connectivity index is 4.52. The first kappa shape index (κ1) is 17.7. The van der Waals surface area contributed by atoms with Gasteiger partial charge in [-0.3, -0.25) is 4.90 Å². The molecule has 0 aliphatic heterocycles. The number of carboxylic acids is 1. The Bertz CT molecular complexity index is 310. The van der Waals surface area contributed by atoms with Crippen molar-refractivity contribution in [3.05, 3.63) is 0 Å². The van der Waals surface area contributed by atoms with Crippen LogP contribution in [-0.2, 0) is 14.3 Å². The fourth-order valence-electron chi connectivity index (χ4n) is 1.16. The number of aliphatic carboxylic acids is 1. The van der Waals surface area contributed by atoms with Crippen LogP contribution in [0.4, 0.5) is 4.79 Å². The molecule has 0 aliphatic carbocycles. The standard InChI is InChI=1S/C12H23NO6/c1-8(14)6-18-7-9(10(15)16)13(5)11(17)19-12(2,3)4/h8-9,14H,6-7H2,1-5H3,(H,15,16)/t8-,9-/m0/s1. The Morgan fingerprint density at radius 1 is 1.26 bits per heavy atom. The molecule has 2 atom stereocenters. The SMILES string of the molecule is C[C@H](O)COC[C@@H](C(=O)O)N(C)C(=O)OC(C)(C)C. The molecule has 7 nitrogen and oxygen atoms in total. The van der Waals surface area contributed by atoms with Crippen LogP contribution in [0.1, 0.15) is 27.7 Å². The minimum Gasteiger partial charge on any atom is -0.480 e. The maximum Gasteiger partial charge on any atom is 0.410 e. The second-order valence-electron chi connectivity index (χ2n) is 5.33. The van der Waals surface area contributed by atoms with E-state index < -0.39 is 29.8 Å². The molecule has 0 aromatic carbocycles. The fourth-order valence-corrected chi connectivity index (χ4v) is 1.16. The largest absolute Gasteiger partial charge is 0.480 e. The van der Waals surface area contributed by atoms with Gasteiger partial charge in [-0.25, -0.2) is 9.59 Å². The predicted octanol–water partition coefficient (Wildman–Crippen LogP) is 0.704. The van der Waals surface area contributed by atoms with E-state index in [1.807, 2.05) is 0 Å². The average Bonchev–Trinajstić information content (AvgIpc) is 2.20. The monoisotopic (exact) mass is 277 g/mol. The van der Waals surface area contributed by atoms with Crippen LogP contribution < -0.4 is 0 Å². The Kier molecular flexibility index (Phi) is 6.78. The molecule has 0 unspecified atom stereocenters. The number of carbonyl (C=O) groups excluding carboxylic acids is 1. The van der Waals surface area contributed by atoms with Crippen molar-refractivity contribution in [3.63, 3.8) is 0 Å². The molecule has 1 amide bonds. The first-order valence-corrected chi connectivity index (χ1v) is 5.99. The normalized spacial score (nSPS) is 14.6. The fraction of sp³-hybridized carbons (Fsp3) is 0.833. The van der Waals surface area contributed by atoms with E-state index in [9.17, 15) is 9.59 Å². The third-order valence-corrected chi connectivity index (χ3v) is 2.07. The van der Waals surface area contributed by atoms with Crippen LogP contribution in [-0.4, -0.2) is 65.2 Å². The van der Waals surface area contributed by atoms with Gasteiger partial charge in [-0.05, 0) is 27.7 Å². The molecule has 0 rings (SSSR count). The topological polar surface area (TPSA) is 96.3 Å². The highest BCUT2D eigenvalue weighted by atomic mass is 16.6. The van der Waals surface area contributed by atoms with E-state index in [0.717, 1.165) is 4.90 Å². The minimum atomic E-state index is -1.20. The molecule has 0 spiro atoms. The molecule has 19 heavy (non-hydrogen) atoms. The molecule has 0 saturated carbocycles. The van der Waals surface area contributed by atoms with E-state index in [2.05, 4.69) is 0 Å². The van der Waals surface area contributed by atoms with Crippen LogP contribution in [0.3, 0.4) is 0 Å². The summed E-state index contributed by atoms with van der Waals surface area (Å²) in [7, 11) is 1.33. The third kappa shape index (κ3) is 7.63. The van der Waals surface area contributed by atoms with Crippen LogP contribution >= 0.6 is 0 Å². The lowest BCUT2D eigenvalue weighted by molar-refractivity contribution is -0.145. The molecular weight excluding hydrogens is 254 g/mol. The number of carbonyl (C=O) groups is 2. The summed E-state index contributed by atoms with van der Waals surface area (Å²) in [6.07, 6.45) is -1.43. The highest BCUT2D eigenvalue weighted by molar-refractivity contribution is 5.80. The average molecular weight is 277 g/mol. The minimum absolute atomic E-state index is 0.00589. The molecule has 0 heterocycles. The number of aliphatic hydroxyl groups is 1. The zero-order valence-corrected chi connectivity index (χ0v) is 12.0. The summed E-state index contributed by atoms with van der Waals surface area (Å²) < 4.78 is 10.1. The van der Waals surface area contributed by atoms with Gasteiger partial charge in [0.25, 0.3) is 0 Å². The van der Waals surface area contributed by atoms with E-state index in [1.54, 1.807) is 20.8 Å². The van der Waals surface area contributed by atoms with Crippen molar-refractivity contribution >= 4 is 12.1 Å². The lowest BCUT2D eigenvalue weighted by Crippen LogP contribution is -2.47. The van der Waals surface area contributed by atoms with Crippen molar-refractivity contribution in [1.82, 2.24) is 4.90 Å². The van der Waals surface area contributed by atoms with E-state index in [0.29, 0.717) is 0 Å². The van der Waals surface area contributed by atoms with Crippen LogP contribution in [0.5, 0.6) is 0 Å². The van der Waals surface area contributed by atoms with Crippen molar-refractivity contribution in [3.8, 4) is 0 Å². The number of hydrogen-bond acceptors (Lipinski definition) is 5. The number of carboxylic acid groups (broad SMARTS) is 1. The Hall–Kier alpha value is -1.34. The molecule has 112 valence electrons. The number of nitrogens with zero attached hydrogens (tertiary/aromatic N) is 1. The molecule has 0 aromatic rings. The van der Waals surface area contributed by atoms with Crippen molar-refractivity contribution < 1.29 is 29.3 Å². The van der Waals surface area contributed by atoms with Crippen LogP contribution in [0, 0.1) is 0 Å².